The van der Waals surface area contributed by atoms with Crippen molar-refractivity contribution in [2.24, 2.45) is 0 Å². The fourth-order valence-electron chi connectivity index (χ4n) is 1.10. The Morgan fingerprint density at radius 3 is 3.13 bits per heavy atom. The Hall–Kier alpha value is -1.75. The lowest BCUT2D eigenvalue weighted by Gasteiger charge is -2.02. The Bertz CT molecular complexity index is 427. The van der Waals surface area contributed by atoms with Gasteiger partial charge in [0.05, 0.1) is 5.51 Å². The maximum atomic E-state index is 11.5. The van der Waals surface area contributed by atoms with Crippen molar-refractivity contribution >= 4 is 17.2 Å². The van der Waals surface area contributed by atoms with E-state index in [4.69, 9.17) is 0 Å². The molecule has 0 radical (unpaired) electrons. The highest BCUT2D eigenvalue weighted by molar-refractivity contribution is 7.07. The molecule has 2 rings (SSSR count). The molecule has 0 saturated carbocycles. The SMILES string of the molecule is O=C(NCc1cccnc1)c1cscn1. The molecule has 0 saturated heterocycles. The number of carbonyl (C=O) groups is 1. The summed E-state index contributed by atoms with van der Waals surface area (Å²) in [5.41, 5.74) is 3.07. The second-order valence-electron chi connectivity index (χ2n) is 2.92. The van der Waals surface area contributed by atoms with Crippen molar-refractivity contribution in [3.63, 3.8) is 0 Å². The van der Waals surface area contributed by atoms with Crippen molar-refractivity contribution in [1.29, 1.82) is 0 Å². The van der Waals surface area contributed by atoms with Crippen molar-refractivity contribution in [2.45, 2.75) is 6.54 Å². The topological polar surface area (TPSA) is 54.9 Å². The molecule has 0 unspecified atom stereocenters. The molecule has 0 spiro atoms. The van der Waals surface area contributed by atoms with E-state index >= 15 is 0 Å². The van der Waals surface area contributed by atoms with Crippen LogP contribution in [-0.4, -0.2) is 15.9 Å². The molecule has 0 aliphatic heterocycles. The molecule has 5 heteroatoms. The van der Waals surface area contributed by atoms with Gasteiger partial charge in [0.1, 0.15) is 5.69 Å². The lowest BCUT2D eigenvalue weighted by Crippen LogP contribution is -2.22. The average molecular weight is 219 g/mol. The summed E-state index contributed by atoms with van der Waals surface area (Å²) in [7, 11) is 0. The summed E-state index contributed by atoms with van der Waals surface area (Å²) in [5.74, 6) is -0.153. The Labute approximate surface area is 91.0 Å². The lowest BCUT2D eigenvalue weighted by molar-refractivity contribution is 0.0946. The molecule has 0 bridgehead atoms. The largest absolute Gasteiger partial charge is 0.347 e. The van der Waals surface area contributed by atoms with Gasteiger partial charge in [0, 0.05) is 24.3 Å². The quantitative estimate of drug-likeness (QED) is 0.850. The first kappa shape index (κ1) is 9.79. The van der Waals surface area contributed by atoms with Crippen molar-refractivity contribution in [2.75, 3.05) is 0 Å². The van der Waals surface area contributed by atoms with Crippen LogP contribution in [0.5, 0.6) is 0 Å². The Morgan fingerprint density at radius 2 is 2.47 bits per heavy atom. The third-order valence-corrected chi connectivity index (χ3v) is 2.43. The summed E-state index contributed by atoms with van der Waals surface area (Å²) >= 11 is 1.41. The van der Waals surface area contributed by atoms with Crippen LogP contribution < -0.4 is 5.32 Å². The highest BCUT2D eigenvalue weighted by atomic mass is 32.1. The molecular weight excluding hydrogens is 210 g/mol. The predicted molar refractivity (Wildman–Crippen MR) is 57.5 cm³/mol. The summed E-state index contributed by atoms with van der Waals surface area (Å²) < 4.78 is 0. The van der Waals surface area contributed by atoms with Gasteiger partial charge in [-0.25, -0.2) is 4.98 Å². The Morgan fingerprint density at radius 1 is 1.53 bits per heavy atom. The number of carbonyl (C=O) groups excluding carboxylic acids is 1. The van der Waals surface area contributed by atoms with Crippen LogP contribution in [0.25, 0.3) is 0 Å². The van der Waals surface area contributed by atoms with Crippen LogP contribution in [0.1, 0.15) is 16.1 Å². The van der Waals surface area contributed by atoms with Crippen LogP contribution in [0.15, 0.2) is 35.4 Å². The van der Waals surface area contributed by atoms with Crippen molar-refractivity contribution < 1.29 is 4.79 Å². The summed E-state index contributed by atoms with van der Waals surface area (Å²) in [6, 6.07) is 3.75. The fourth-order valence-corrected chi connectivity index (χ4v) is 1.63. The average Bonchev–Trinajstić information content (AvgIpc) is 2.81. The minimum atomic E-state index is -0.153. The number of aromatic nitrogens is 2. The van der Waals surface area contributed by atoms with Crippen molar-refractivity contribution in [1.82, 2.24) is 15.3 Å². The number of thiazole rings is 1. The lowest BCUT2D eigenvalue weighted by atomic mass is 10.3. The maximum Gasteiger partial charge on any atom is 0.271 e. The summed E-state index contributed by atoms with van der Waals surface area (Å²) in [5, 5.41) is 4.49. The smallest absolute Gasteiger partial charge is 0.271 e. The van der Waals surface area contributed by atoms with Crippen LogP contribution in [0, 0.1) is 0 Å². The third kappa shape index (κ3) is 2.60. The van der Waals surface area contributed by atoms with Crippen LogP contribution >= 0.6 is 11.3 Å². The number of pyridine rings is 1. The van der Waals surface area contributed by atoms with E-state index in [1.54, 1.807) is 23.3 Å². The standard InChI is InChI=1S/C10H9N3OS/c14-10(9-6-15-7-13-9)12-5-8-2-1-3-11-4-8/h1-4,6-7H,5H2,(H,12,14). The highest BCUT2D eigenvalue weighted by Crippen LogP contribution is 2.01. The molecule has 15 heavy (non-hydrogen) atoms. The van der Waals surface area contributed by atoms with Gasteiger partial charge in [0.25, 0.3) is 5.91 Å². The van der Waals surface area contributed by atoms with Gasteiger partial charge in [-0.15, -0.1) is 11.3 Å². The zero-order chi connectivity index (χ0) is 10.5. The number of hydrogen-bond donors (Lipinski definition) is 1. The molecule has 0 fully saturated rings. The van der Waals surface area contributed by atoms with Gasteiger partial charge in [-0.1, -0.05) is 6.07 Å². The van der Waals surface area contributed by atoms with E-state index in [9.17, 15) is 4.79 Å². The summed E-state index contributed by atoms with van der Waals surface area (Å²) in [6.07, 6.45) is 3.42. The minimum Gasteiger partial charge on any atom is -0.347 e. The van der Waals surface area contributed by atoms with E-state index in [0.29, 0.717) is 12.2 Å². The Balaban J connectivity index is 1.92. The monoisotopic (exact) mass is 219 g/mol. The number of amides is 1. The second kappa shape index (κ2) is 4.65. The van der Waals surface area contributed by atoms with Crippen molar-refractivity contribution in [3.05, 3.63) is 46.7 Å². The second-order valence-corrected chi connectivity index (χ2v) is 3.64. The first-order valence-corrected chi connectivity index (χ1v) is 5.36. The highest BCUT2D eigenvalue weighted by Gasteiger charge is 2.06. The zero-order valence-electron chi connectivity index (χ0n) is 7.88. The molecular formula is C10H9N3OS. The molecule has 0 atom stereocenters. The number of nitrogens with one attached hydrogen (secondary N) is 1. The van der Waals surface area contributed by atoms with Gasteiger partial charge in [-0.3, -0.25) is 9.78 Å². The van der Waals surface area contributed by atoms with Gasteiger partial charge in [-0.2, -0.15) is 0 Å². The normalized spacial score (nSPS) is 9.87. The van der Waals surface area contributed by atoms with Crippen LogP contribution in [-0.2, 0) is 6.54 Å². The van der Waals surface area contributed by atoms with Gasteiger partial charge < -0.3 is 5.32 Å². The number of nitrogens with zero attached hydrogens (tertiary/aromatic N) is 2. The van der Waals surface area contributed by atoms with E-state index in [1.807, 2.05) is 12.1 Å². The number of hydrogen-bond acceptors (Lipinski definition) is 4. The molecule has 2 aromatic heterocycles. The van der Waals surface area contributed by atoms with E-state index in [2.05, 4.69) is 15.3 Å². The zero-order valence-corrected chi connectivity index (χ0v) is 8.70. The molecule has 1 amide bonds. The van der Waals surface area contributed by atoms with Crippen LogP contribution in [0.2, 0.25) is 0 Å². The summed E-state index contributed by atoms with van der Waals surface area (Å²) in [4.78, 5) is 19.4. The van der Waals surface area contributed by atoms with Gasteiger partial charge in [-0.05, 0) is 11.6 Å². The molecule has 1 N–H and O–H groups in total. The first-order chi connectivity index (χ1) is 7.36. The van der Waals surface area contributed by atoms with Gasteiger partial charge in [0.15, 0.2) is 0 Å². The predicted octanol–water partition coefficient (Wildman–Crippen LogP) is 1.47. The molecule has 2 heterocycles. The Kier molecular flexibility index (Phi) is 3.04. The van der Waals surface area contributed by atoms with Crippen LogP contribution in [0.4, 0.5) is 0 Å². The van der Waals surface area contributed by atoms with E-state index in [-0.39, 0.29) is 5.91 Å². The van der Waals surface area contributed by atoms with Gasteiger partial charge in [0.2, 0.25) is 0 Å². The number of rotatable bonds is 3. The minimum absolute atomic E-state index is 0.153. The third-order valence-electron chi connectivity index (χ3n) is 1.84. The van der Waals surface area contributed by atoms with E-state index < -0.39 is 0 Å². The van der Waals surface area contributed by atoms with Crippen LogP contribution in [0.3, 0.4) is 0 Å². The fraction of sp³-hybridized carbons (Fsp3) is 0.100. The van der Waals surface area contributed by atoms with Crippen molar-refractivity contribution in [3.8, 4) is 0 Å². The molecule has 0 aromatic carbocycles. The van der Waals surface area contributed by atoms with E-state index in [1.165, 1.54) is 11.3 Å². The molecule has 2 aromatic rings. The first-order valence-electron chi connectivity index (χ1n) is 4.41. The molecule has 4 nitrogen and oxygen atoms in total. The van der Waals surface area contributed by atoms with E-state index in [0.717, 1.165) is 5.56 Å². The van der Waals surface area contributed by atoms with Gasteiger partial charge >= 0.3 is 0 Å². The summed E-state index contributed by atoms with van der Waals surface area (Å²) in [6.45, 7) is 0.476. The molecule has 76 valence electrons. The molecule has 0 aliphatic rings. The molecule has 0 aliphatic carbocycles. The maximum absolute atomic E-state index is 11.5.